The van der Waals surface area contributed by atoms with Gasteiger partial charge in [-0.2, -0.15) is 0 Å². The van der Waals surface area contributed by atoms with Crippen LogP contribution in [0.15, 0.2) is 0 Å². The molecule has 0 rings (SSSR count). The molecule has 1 unspecified atom stereocenters. The van der Waals surface area contributed by atoms with Crippen molar-refractivity contribution in [2.75, 3.05) is 0 Å². The van der Waals surface area contributed by atoms with Gasteiger partial charge in [0, 0.05) is 0 Å². The van der Waals surface area contributed by atoms with E-state index in [-0.39, 0.29) is 0 Å². The minimum Gasteiger partial charge on any atom is -0.348 e. The maximum absolute atomic E-state index is 8.88. The molecule has 0 fully saturated rings. The molecule has 16 heavy (non-hydrogen) atoms. The molecule has 0 bridgehead atoms. The maximum Gasteiger partial charge on any atom is 0.466 e. The van der Waals surface area contributed by atoms with Crippen LogP contribution >= 0.6 is 33.0 Å². The second-order valence-corrected chi connectivity index (χ2v) is 3.55. The molecule has 0 aliphatic heterocycles. The van der Waals surface area contributed by atoms with E-state index in [0.29, 0.717) is 0 Å². The van der Waals surface area contributed by atoms with Gasteiger partial charge in [0.2, 0.25) is 0 Å². The fraction of sp³-hybridized carbons (Fsp3) is 0. The summed E-state index contributed by atoms with van der Waals surface area (Å²) in [6.45, 7) is 0. The van der Waals surface area contributed by atoms with Crippen molar-refractivity contribution in [3.63, 3.8) is 0 Å². The van der Waals surface area contributed by atoms with Crippen LogP contribution in [0.2, 0.25) is 0 Å². The van der Waals surface area contributed by atoms with E-state index >= 15 is 0 Å². The van der Waals surface area contributed by atoms with Crippen LogP contribution in [0.25, 0.3) is 0 Å². The third-order valence-corrected chi connectivity index (χ3v) is 0. The second kappa shape index (κ2) is 18.0. The van der Waals surface area contributed by atoms with Crippen LogP contribution in [-0.4, -0.2) is 39.1 Å². The van der Waals surface area contributed by atoms with Crippen molar-refractivity contribution < 1.29 is 57.4 Å². The molecule has 104 valence electrons. The molecule has 0 heterocycles. The molecule has 0 amide bonds. The van der Waals surface area contributed by atoms with Crippen LogP contribution in [0.5, 0.6) is 0 Å². The van der Waals surface area contributed by atoms with Crippen molar-refractivity contribution in [1.82, 2.24) is 0 Å². The van der Waals surface area contributed by atoms with Gasteiger partial charge in [0.25, 0.3) is 0 Å². The topological polar surface area (TPSA) is 230 Å². The van der Waals surface area contributed by atoms with Gasteiger partial charge in [0.05, 0.1) is 0 Å². The van der Waals surface area contributed by atoms with Gasteiger partial charge in [0.15, 0.2) is 8.69 Å². The van der Waals surface area contributed by atoms with E-state index in [9.17, 15) is 0 Å². The summed E-state index contributed by atoms with van der Waals surface area (Å²) in [5.74, 6) is 0. The van der Waals surface area contributed by atoms with Crippen LogP contribution < -0.4 is 0 Å². The lowest BCUT2D eigenvalue weighted by Crippen LogP contribution is -1.66. The first-order valence-electron chi connectivity index (χ1n) is 2.58. The molecule has 0 radical (unpaired) electrons. The second-order valence-electron chi connectivity index (χ2n) is 1.18. The summed E-state index contributed by atoms with van der Waals surface area (Å²) in [5, 5.41) is 0. The quantitative estimate of drug-likeness (QED) is 0.215. The highest BCUT2D eigenvalue weighted by molar-refractivity contribution is 7.45. The first-order valence-corrected chi connectivity index (χ1v) is 7.74. The summed E-state index contributed by atoms with van der Waals surface area (Å²) in [4.78, 5) is 57.3. The Morgan fingerprint density at radius 2 is 0.875 bits per heavy atom. The van der Waals surface area contributed by atoms with Gasteiger partial charge in [-0.3, -0.25) is 13.7 Å². The molecule has 0 aromatic heterocycles. The number of rotatable bonds is 0. The number of hydrogen-bond acceptors (Lipinski definition) is 4. The Labute approximate surface area is 91.3 Å². The van der Waals surface area contributed by atoms with Gasteiger partial charge in [0.1, 0.15) is 0 Å². The Hall–Kier alpha value is 0.600. The van der Waals surface area contributed by atoms with Gasteiger partial charge >= 0.3 is 24.3 Å². The normalized spacial score (nSPS) is 9.88. The Kier molecular flexibility index (Phi) is 28.6. The fourth-order valence-corrected chi connectivity index (χ4v) is 0. The van der Waals surface area contributed by atoms with Gasteiger partial charge < -0.3 is 39.1 Å². The van der Waals surface area contributed by atoms with Crippen molar-refractivity contribution in [2.24, 2.45) is 0 Å². The smallest absolute Gasteiger partial charge is 0.348 e. The summed E-state index contributed by atoms with van der Waals surface area (Å²) in [6.07, 6.45) is 0. The van der Waals surface area contributed by atoms with Crippen molar-refractivity contribution in [1.29, 1.82) is 0 Å². The van der Waals surface area contributed by atoms with Crippen molar-refractivity contribution >= 4 is 33.0 Å². The summed E-state index contributed by atoms with van der Waals surface area (Å²) < 4.78 is 34.9. The van der Waals surface area contributed by atoms with Gasteiger partial charge in [-0.15, -0.1) is 0 Å². The fourth-order valence-electron chi connectivity index (χ4n) is 0. The molecule has 16 heteroatoms. The van der Waals surface area contributed by atoms with E-state index in [1.165, 1.54) is 0 Å². The first-order chi connectivity index (χ1) is 6.88. The molecular formula is H12O12P4. The lowest BCUT2D eigenvalue weighted by atomic mass is 15.8. The maximum atomic E-state index is 8.88. The summed E-state index contributed by atoms with van der Waals surface area (Å²) >= 11 is 0. The van der Waals surface area contributed by atoms with Crippen LogP contribution in [-0.2, 0) is 18.3 Å². The first kappa shape index (κ1) is 25.4. The molecular weight excluding hydrogens is 316 g/mol. The zero-order chi connectivity index (χ0) is 14.4. The minimum atomic E-state index is -4.64. The molecule has 0 saturated carbocycles. The summed E-state index contributed by atoms with van der Waals surface area (Å²) in [6, 6.07) is 0. The van der Waals surface area contributed by atoms with Gasteiger partial charge in [-0.25, -0.2) is 4.57 Å². The van der Waals surface area contributed by atoms with Gasteiger partial charge in [-0.1, -0.05) is 0 Å². The average molecular weight is 328 g/mol. The highest BCUT2D eigenvalue weighted by Gasteiger charge is 2.00. The van der Waals surface area contributed by atoms with Crippen LogP contribution in [0.4, 0.5) is 0 Å². The average Bonchev–Trinajstić information content (AvgIpc) is 1.78. The molecule has 0 aromatic carbocycles. The zero-order valence-corrected chi connectivity index (χ0v) is 11.3. The van der Waals surface area contributed by atoms with E-state index in [1.807, 2.05) is 0 Å². The number of phosphoric acid groups is 1. The van der Waals surface area contributed by atoms with Crippen molar-refractivity contribution in [3.8, 4) is 0 Å². The summed E-state index contributed by atoms with van der Waals surface area (Å²) in [7, 11) is -12.4. The molecule has 0 saturated heterocycles. The van der Waals surface area contributed by atoms with Crippen molar-refractivity contribution in [2.45, 2.75) is 0 Å². The van der Waals surface area contributed by atoms with Gasteiger partial charge in [-0.05, 0) is 0 Å². The third kappa shape index (κ3) is 7500. The molecule has 0 aliphatic carbocycles. The monoisotopic (exact) mass is 328 g/mol. The van der Waals surface area contributed by atoms with E-state index in [0.717, 1.165) is 0 Å². The largest absolute Gasteiger partial charge is 0.466 e. The Bertz CT molecular complexity index is 195. The molecule has 0 aliphatic rings. The van der Waals surface area contributed by atoms with Crippen LogP contribution in [0.1, 0.15) is 0 Å². The molecule has 0 aromatic rings. The Morgan fingerprint density at radius 3 is 0.875 bits per heavy atom. The lowest BCUT2D eigenvalue weighted by Gasteiger charge is -1.82. The standard InChI is InChI=1S/H3O4P.2H3O3P.H3O2P/c1-5(2,3)4;2*1-4(2)3;1-3-2/h(H3,1,2,3,4);2*4H,(H2,1,2,3);3H2,(H,1,2). The van der Waals surface area contributed by atoms with E-state index in [1.54, 1.807) is 0 Å². The third-order valence-electron chi connectivity index (χ3n) is 0. The molecule has 0 spiro atoms. The summed E-state index contributed by atoms with van der Waals surface area (Å²) in [5.41, 5.74) is 0. The van der Waals surface area contributed by atoms with Crippen molar-refractivity contribution in [3.05, 3.63) is 0 Å². The Morgan fingerprint density at radius 1 is 0.875 bits per heavy atom. The van der Waals surface area contributed by atoms with E-state index in [2.05, 4.69) is 0 Å². The highest BCUT2D eigenvalue weighted by atomic mass is 31.2. The predicted molar refractivity (Wildman–Crippen MR) is 53.8 cm³/mol. The zero-order valence-electron chi connectivity index (χ0n) is 7.24. The molecule has 12 nitrogen and oxygen atoms in total. The SMILES string of the molecule is O=P(O)(O)O.O=[PH2]O.O=[PH](O)O.O=[PH](O)O. The van der Waals surface area contributed by atoms with E-state index < -0.39 is 33.0 Å². The molecule has 1 atom stereocenters. The van der Waals surface area contributed by atoms with E-state index in [4.69, 9.17) is 57.4 Å². The van der Waals surface area contributed by atoms with Crippen LogP contribution in [0.3, 0.4) is 0 Å². The lowest BCUT2D eigenvalue weighted by molar-refractivity contribution is 0.275. The minimum absolute atomic E-state index is 1.50. The highest BCUT2D eigenvalue weighted by Crippen LogP contribution is 2.25. The molecule has 8 N–H and O–H groups in total. The Balaban J connectivity index is -0.0000000610. The number of hydrogen-bond donors (Lipinski definition) is 8. The van der Waals surface area contributed by atoms with Crippen LogP contribution in [0, 0.1) is 0 Å². The predicted octanol–water partition coefficient (Wildman–Crippen LogP) is -2.56.